The first-order chi connectivity index (χ1) is 7.66. The van der Waals surface area contributed by atoms with E-state index in [0.29, 0.717) is 21.6 Å². The summed E-state index contributed by atoms with van der Waals surface area (Å²) in [6.07, 6.45) is 1.31. The van der Waals surface area contributed by atoms with Gasteiger partial charge in [-0.1, -0.05) is 28.4 Å². The van der Waals surface area contributed by atoms with Crippen molar-refractivity contribution in [2.75, 3.05) is 0 Å². The van der Waals surface area contributed by atoms with Gasteiger partial charge in [0.15, 0.2) is 5.82 Å². The average Bonchev–Trinajstić information content (AvgIpc) is 2.74. The van der Waals surface area contributed by atoms with Crippen LogP contribution in [-0.2, 0) is 5.75 Å². The van der Waals surface area contributed by atoms with Crippen molar-refractivity contribution in [2.45, 2.75) is 17.6 Å². The smallest absolute Gasteiger partial charge is 0.213 e. The van der Waals surface area contributed by atoms with Crippen molar-refractivity contribution in [2.24, 2.45) is 0 Å². The number of thioether (sulfide) groups is 1. The first kappa shape index (κ1) is 11.8. The van der Waals surface area contributed by atoms with Gasteiger partial charge in [0.1, 0.15) is 0 Å². The lowest BCUT2D eigenvalue weighted by Gasteiger charge is -2.05. The zero-order valence-corrected chi connectivity index (χ0v) is 10.7. The standard InChI is InChI=1S/C10H8Cl2N2OS/c1-6-2-9(8(12)3-7(6)11)16-4-10-13-5-15-14-10/h2-3,5H,4H2,1H3. The molecular weight excluding hydrogens is 267 g/mol. The van der Waals surface area contributed by atoms with Crippen LogP contribution in [0.3, 0.4) is 0 Å². The van der Waals surface area contributed by atoms with Gasteiger partial charge in [0.2, 0.25) is 6.39 Å². The summed E-state index contributed by atoms with van der Waals surface area (Å²) in [6, 6.07) is 3.70. The Labute approximate surface area is 107 Å². The highest BCUT2D eigenvalue weighted by Gasteiger charge is 2.07. The predicted molar refractivity (Wildman–Crippen MR) is 65.1 cm³/mol. The van der Waals surface area contributed by atoms with Gasteiger partial charge < -0.3 is 4.52 Å². The third-order valence-corrected chi connectivity index (χ3v) is 3.86. The Kier molecular flexibility index (Phi) is 3.74. The molecule has 0 amide bonds. The van der Waals surface area contributed by atoms with Crippen molar-refractivity contribution in [3.8, 4) is 0 Å². The number of aryl methyl sites for hydroxylation is 1. The molecule has 0 aliphatic carbocycles. The van der Waals surface area contributed by atoms with E-state index in [-0.39, 0.29) is 0 Å². The lowest BCUT2D eigenvalue weighted by Crippen LogP contribution is -1.85. The Balaban J connectivity index is 2.12. The van der Waals surface area contributed by atoms with E-state index in [0.717, 1.165) is 10.5 Å². The van der Waals surface area contributed by atoms with E-state index in [4.69, 9.17) is 23.2 Å². The van der Waals surface area contributed by atoms with Gasteiger partial charge in [0, 0.05) is 9.92 Å². The van der Waals surface area contributed by atoms with Crippen LogP contribution in [-0.4, -0.2) is 10.1 Å². The first-order valence-electron chi connectivity index (χ1n) is 4.50. The van der Waals surface area contributed by atoms with Crippen LogP contribution in [0.25, 0.3) is 0 Å². The van der Waals surface area contributed by atoms with Gasteiger partial charge in [0.05, 0.1) is 10.8 Å². The molecule has 0 aliphatic rings. The molecule has 0 atom stereocenters. The summed E-state index contributed by atoms with van der Waals surface area (Å²) in [7, 11) is 0. The van der Waals surface area contributed by atoms with Crippen LogP contribution in [0.5, 0.6) is 0 Å². The fourth-order valence-electron chi connectivity index (χ4n) is 1.14. The minimum Gasteiger partial charge on any atom is -0.343 e. The SMILES string of the molecule is Cc1cc(SCc2ncon2)c(Cl)cc1Cl. The number of hydrogen-bond acceptors (Lipinski definition) is 4. The molecule has 1 aromatic heterocycles. The summed E-state index contributed by atoms with van der Waals surface area (Å²) >= 11 is 13.6. The Morgan fingerprint density at radius 1 is 1.31 bits per heavy atom. The van der Waals surface area contributed by atoms with Gasteiger partial charge in [-0.05, 0) is 24.6 Å². The molecule has 0 saturated heterocycles. The topological polar surface area (TPSA) is 38.9 Å². The molecule has 16 heavy (non-hydrogen) atoms. The Bertz CT molecular complexity index is 488. The van der Waals surface area contributed by atoms with Crippen molar-refractivity contribution in [1.82, 2.24) is 10.1 Å². The van der Waals surface area contributed by atoms with Gasteiger partial charge >= 0.3 is 0 Å². The molecule has 0 unspecified atom stereocenters. The quantitative estimate of drug-likeness (QED) is 0.794. The maximum atomic E-state index is 6.07. The zero-order chi connectivity index (χ0) is 11.5. The Morgan fingerprint density at radius 2 is 2.12 bits per heavy atom. The van der Waals surface area contributed by atoms with Crippen molar-refractivity contribution in [3.63, 3.8) is 0 Å². The van der Waals surface area contributed by atoms with E-state index >= 15 is 0 Å². The van der Waals surface area contributed by atoms with Crippen molar-refractivity contribution >= 4 is 35.0 Å². The summed E-state index contributed by atoms with van der Waals surface area (Å²) in [5, 5.41) is 5.04. The van der Waals surface area contributed by atoms with E-state index in [2.05, 4.69) is 14.7 Å². The van der Waals surface area contributed by atoms with Crippen LogP contribution in [0.1, 0.15) is 11.4 Å². The molecule has 6 heteroatoms. The third-order valence-electron chi connectivity index (χ3n) is 1.98. The summed E-state index contributed by atoms with van der Waals surface area (Å²) in [5.74, 6) is 1.27. The van der Waals surface area contributed by atoms with E-state index < -0.39 is 0 Å². The minimum atomic E-state index is 0.622. The second kappa shape index (κ2) is 5.08. The largest absolute Gasteiger partial charge is 0.343 e. The van der Waals surface area contributed by atoms with Crippen molar-refractivity contribution in [1.29, 1.82) is 0 Å². The summed E-state index contributed by atoms with van der Waals surface area (Å²) in [5.41, 5.74) is 1.00. The Morgan fingerprint density at radius 3 is 2.81 bits per heavy atom. The molecule has 3 nitrogen and oxygen atoms in total. The van der Waals surface area contributed by atoms with Gasteiger partial charge in [-0.2, -0.15) is 4.98 Å². The number of aromatic nitrogens is 2. The monoisotopic (exact) mass is 274 g/mol. The van der Waals surface area contributed by atoms with E-state index in [9.17, 15) is 0 Å². The number of hydrogen-bond donors (Lipinski definition) is 0. The van der Waals surface area contributed by atoms with Gasteiger partial charge in [-0.15, -0.1) is 11.8 Å². The maximum absolute atomic E-state index is 6.07. The predicted octanol–water partition coefficient (Wildman–Crippen LogP) is 3.98. The average molecular weight is 275 g/mol. The summed E-state index contributed by atoms with van der Waals surface area (Å²) in [6.45, 7) is 1.94. The van der Waals surface area contributed by atoms with Gasteiger partial charge in [0.25, 0.3) is 0 Å². The molecule has 84 valence electrons. The third kappa shape index (κ3) is 2.70. The van der Waals surface area contributed by atoms with E-state index in [1.165, 1.54) is 6.39 Å². The fourth-order valence-corrected chi connectivity index (χ4v) is 2.56. The van der Waals surface area contributed by atoms with Crippen molar-refractivity contribution in [3.05, 3.63) is 40.0 Å². The second-order valence-electron chi connectivity index (χ2n) is 3.17. The molecule has 1 heterocycles. The molecule has 0 N–H and O–H groups in total. The summed E-state index contributed by atoms with van der Waals surface area (Å²) in [4.78, 5) is 4.90. The molecule has 2 aromatic rings. The molecule has 0 aliphatic heterocycles. The van der Waals surface area contributed by atoms with Crippen LogP contribution in [0.15, 0.2) is 27.9 Å². The lowest BCUT2D eigenvalue weighted by atomic mass is 10.2. The lowest BCUT2D eigenvalue weighted by molar-refractivity contribution is 0.412. The van der Waals surface area contributed by atoms with E-state index in [1.807, 2.05) is 13.0 Å². The number of halogens is 2. The molecule has 0 fully saturated rings. The number of benzene rings is 1. The highest BCUT2D eigenvalue weighted by molar-refractivity contribution is 7.98. The van der Waals surface area contributed by atoms with Crippen LogP contribution in [0.2, 0.25) is 10.0 Å². The van der Waals surface area contributed by atoms with Gasteiger partial charge in [-0.25, -0.2) is 0 Å². The van der Waals surface area contributed by atoms with Crippen LogP contribution in [0.4, 0.5) is 0 Å². The highest BCUT2D eigenvalue weighted by atomic mass is 35.5. The zero-order valence-electron chi connectivity index (χ0n) is 8.41. The van der Waals surface area contributed by atoms with Gasteiger partial charge in [-0.3, -0.25) is 0 Å². The van der Waals surface area contributed by atoms with E-state index in [1.54, 1.807) is 17.8 Å². The van der Waals surface area contributed by atoms with Crippen LogP contribution >= 0.6 is 35.0 Å². The summed E-state index contributed by atoms with van der Waals surface area (Å²) < 4.78 is 4.65. The normalized spacial score (nSPS) is 10.7. The van der Waals surface area contributed by atoms with Crippen LogP contribution < -0.4 is 0 Å². The van der Waals surface area contributed by atoms with Crippen LogP contribution in [0, 0.1) is 6.92 Å². The highest BCUT2D eigenvalue weighted by Crippen LogP contribution is 2.33. The molecule has 1 aromatic carbocycles. The molecule has 0 spiro atoms. The maximum Gasteiger partial charge on any atom is 0.213 e. The molecule has 0 radical (unpaired) electrons. The first-order valence-corrected chi connectivity index (χ1v) is 6.24. The molecule has 0 bridgehead atoms. The number of rotatable bonds is 3. The Hall–Kier alpha value is -0.710. The minimum absolute atomic E-state index is 0.622. The number of nitrogens with zero attached hydrogens (tertiary/aromatic N) is 2. The molecular formula is C10H8Cl2N2OS. The van der Waals surface area contributed by atoms with Crippen molar-refractivity contribution < 1.29 is 4.52 Å². The second-order valence-corrected chi connectivity index (χ2v) is 5.00. The molecule has 2 rings (SSSR count). The fraction of sp³-hybridized carbons (Fsp3) is 0.200. The molecule has 0 saturated carbocycles.